The molecule has 3 aromatic heterocycles. The number of pyridine rings is 1. The summed E-state index contributed by atoms with van der Waals surface area (Å²) in [7, 11) is 1.63. The molecule has 1 unspecified atom stereocenters. The first-order chi connectivity index (χ1) is 13.2. The van der Waals surface area contributed by atoms with Crippen LogP contribution < -0.4 is 10.1 Å². The summed E-state index contributed by atoms with van der Waals surface area (Å²) in [5.41, 5.74) is 2.65. The second-order valence-corrected chi connectivity index (χ2v) is 7.02. The van der Waals surface area contributed by atoms with Crippen molar-refractivity contribution in [3.63, 3.8) is 0 Å². The van der Waals surface area contributed by atoms with Gasteiger partial charge in [0.1, 0.15) is 5.75 Å². The predicted molar refractivity (Wildman–Crippen MR) is 108 cm³/mol. The molecule has 0 fully saturated rings. The van der Waals surface area contributed by atoms with Gasteiger partial charge in [-0.1, -0.05) is 0 Å². The highest BCUT2D eigenvalue weighted by atomic mass is 32.1. The van der Waals surface area contributed by atoms with E-state index in [4.69, 9.17) is 4.74 Å². The van der Waals surface area contributed by atoms with E-state index in [1.807, 2.05) is 54.2 Å². The SMILES string of the molecule is COc1ccc2cc(NC(=O)CC(c3ccsc3)n3cccc3)cnc2c1. The van der Waals surface area contributed by atoms with E-state index in [1.54, 1.807) is 24.6 Å². The molecule has 6 heteroatoms. The number of anilines is 1. The molecule has 1 amide bonds. The third-order valence-electron chi connectivity index (χ3n) is 4.47. The summed E-state index contributed by atoms with van der Waals surface area (Å²) >= 11 is 1.64. The Labute approximate surface area is 161 Å². The van der Waals surface area contributed by atoms with Gasteiger partial charge in [0.05, 0.1) is 37.0 Å². The number of carbonyl (C=O) groups is 1. The van der Waals surface area contributed by atoms with Crippen molar-refractivity contribution in [2.24, 2.45) is 0 Å². The molecule has 3 heterocycles. The van der Waals surface area contributed by atoms with Crippen molar-refractivity contribution in [1.82, 2.24) is 9.55 Å². The molecule has 4 rings (SSSR count). The zero-order chi connectivity index (χ0) is 18.6. The van der Waals surface area contributed by atoms with Crippen LogP contribution in [0.1, 0.15) is 18.0 Å². The van der Waals surface area contributed by atoms with Crippen LogP contribution in [0, 0.1) is 0 Å². The minimum atomic E-state index is -0.0467. The molecule has 0 aliphatic heterocycles. The van der Waals surface area contributed by atoms with E-state index < -0.39 is 0 Å². The molecule has 0 radical (unpaired) electrons. The molecule has 27 heavy (non-hydrogen) atoms. The molecular formula is C21H19N3O2S. The number of benzene rings is 1. The Morgan fingerprint density at radius 1 is 1.26 bits per heavy atom. The van der Waals surface area contributed by atoms with Gasteiger partial charge in [0.2, 0.25) is 5.91 Å². The fourth-order valence-electron chi connectivity index (χ4n) is 3.10. The van der Waals surface area contributed by atoms with Gasteiger partial charge in [0.25, 0.3) is 0 Å². The van der Waals surface area contributed by atoms with E-state index in [0.29, 0.717) is 12.1 Å². The van der Waals surface area contributed by atoms with Crippen LogP contribution in [-0.4, -0.2) is 22.6 Å². The summed E-state index contributed by atoms with van der Waals surface area (Å²) < 4.78 is 7.28. The van der Waals surface area contributed by atoms with E-state index in [1.165, 1.54) is 0 Å². The Hall–Kier alpha value is -3.12. The number of ether oxygens (including phenoxy) is 1. The van der Waals surface area contributed by atoms with E-state index >= 15 is 0 Å². The predicted octanol–water partition coefficient (Wildman–Crippen LogP) is 4.72. The van der Waals surface area contributed by atoms with Gasteiger partial charge in [-0.2, -0.15) is 11.3 Å². The molecule has 0 bridgehead atoms. The van der Waals surface area contributed by atoms with Crippen molar-refractivity contribution in [3.05, 3.63) is 77.4 Å². The first-order valence-electron chi connectivity index (χ1n) is 8.61. The Balaban J connectivity index is 1.52. The zero-order valence-corrected chi connectivity index (χ0v) is 15.6. The number of amides is 1. The first kappa shape index (κ1) is 17.3. The summed E-state index contributed by atoms with van der Waals surface area (Å²) in [4.78, 5) is 17.1. The quantitative estimate of drug-likeness (QED) is 0.529. The number of hydrogen-bond donors (Lipinski definition) is 1. The van der Waals surface area contributed by atoms with Gasteiger partial charge in [0, 0.05) is 23.8 Å². The van der Waals surface area contributed by atoms with Crippen molar-refractivity contribution in [2.75, 3.05) is 12.4 Å². The van der Waals surface area contributed by atoms with Gasteiger partial charge >= 0.3 is 0 Å². The maximum atomic E-state index is 12.7. The topological polar surface area (TPSA) is 56.1 Å². The van der Waals surface area contributed by atoms with Gasteiger partial charge in [-0.15, -0.1) is 0 Å². The molecule has 0 saturated heterocycles. The number of nitrogens with zero attached hydrogens (tertiary/aromatic N) is 2. The molecule has 5 nitrogen and oxygen atoms in total. The van der Waals surface area contributed by atoms with Crippen LogP contribution in [0.4, 0.5) is 5.69 Å². The molecule has 136 valence electrons. The second-order valence-electron chi connectivity index (χ2n) is 6.24. The largest absolute Gasteiger partial charge is 0.497 e. The number of aromatic nitrogens is 2. The summed E-state index contributed by atoms with van der Waals surface area (Å²) in [6.45, 7) is 0. The number of methoxy groups -OCH3 is 1. The van der Waals surface area contributed by atoms with Gasteiger partial charge in [-0.05, 0) is 52.7 Å². The van der Waals surface area contributed by atoms with E-state index in [2.05, 4.69) is 26.3 Å². The van der Waals surface area contributed by atoms with Crippen molar-refractivity contribution in [2.45, 2.75) is 12.5 Å². The number of fused-ring (bicyclic) bond motifs is 1. The van der Waals surface area contributed by atoms with Crippen molar-refractivity contribution < 1.29 is 9.53 Å². The minimum Gasteiger partial charge on any atom is -0.497 e. The lowest BCUT2D eigenvalue weighted by Crippen LogP contribution is -2.19. The number of hydrogen-bond acceptors (Lipinski definition) is 4. The van der Waals surface area contributed by atoms with Crippen LogP contribution in [0.2, 0.25) is 0 Å². The Bertz CT molecular complexity index is 1010. The number of thiophene rings is 1. The highest BCUT2D eigenvalue weighted by Crippen LogP contribution is 2.26. The van der Waals surface area contributed by atoms with Crippen LogP contribution >= 0.6 is 11.3 Å². The second kappa shape index (κ2) is 7.63. The van der Waals surface area contributed by atoms with E-state index in [0.717, 1.165) is 22.2 Å². The van der Waals surface area contributed by atoms with Crippen LogP contribution in [-0.2, 0) is 4.79 Å². The summed E-state index contributed by atoms with van der Waals surface area (Å²) in [5, 5.41) is 8.05. The molecular weight excluding hydrogens is 358 g/mol. The van der Waals surface area contributed by atoms with Gasteiger partial charge in [-0.3, -0.25) is 9.78 Å². The standard InChI is InChI=1S/C21H19N3O2S/c1-26-18-5-4-15-10-17(13-22-19(15)11-18)23-21(25)12-20(16-6-9-27-14-16)24-7-2-3-8-24/h2-11,13-14,20H,12H2,1H3,(H,23,25). The highest BCUT2D eigenvalue weighted by Gasteiger charge is 2.18. The number of carbonyl (C=O) groups excluding carboxylic acids is 1. The zero-order valence-electron chi connectivity index (χ0n) is 14.8. The molecule has 4 aromatic rings. The molecule has 1 N–H and O–H groups in total. The maximum Gasteiger partial charge on any atom is 0.226 e. The monoisotopic (exact) mass is 377 g/mol. The van der Waals surface area contributed by atoms with Crippen LogP contribution in [0.3, 0.4) is 0 Å². The Morgan fingerprint density at radius 3 is 2.85 bits per heavy atom. The number of rotatable bonds is 6. The van der Waals surface area contributed by atoms with E-state index in [9.17, 15) is 4.79 Å². The lowest BCUT2D eigenvalue weighted by molar-refractivity contribution is -0.116. The van der Waals surface area contributed by atoms with Gasteiger partial charge in [-0.25, -0.2) is 0 Å². The molecule has 0 aliphatic rings. The Kier molecular flexibility index (Phi) is 4.89. The van der Waals surface area contributed by atoms with Crippen LogP contribution in [0.25, 0.3) is 10.9 Å². The average molecular weight is 377 g/mol. The third-order valence-corrected chi connectivity index (χ3v) is 5.17. The van der Waals surface area contributed by atoms with Crippen molar-refractivity contribution >= 4 is 33.8 Å². The summed E-state index contributed by atoms with van der Waals surface area (Å²) in [6, 6.07) is 13.6. The highest BCUT2D eigenvalue weighted by molar-refractivity contribution is 7.08. The molecule has 1 aromatic carbocycles. The molecule has 0 saturated carbocycles. The lowest BCUT2D eigenvalue weighted by atomic mass is 10.1. The lowest BCUT2D eigenvalue weighted by Gasteiger charge is -2.18. The molecule has 0 spiro atoms. The minimum absolute atomic E-state index is 0.0241. The van der Waals surface area contributed by atoms with E-state index in [-0.39, 0.29) is 11.9 Å². The summed E-state index contributed by atoms with van der Waals surface area (Å²) in [5.74, 6) is 0.715. The first-order valence-corrected chi connectivity index (χ1v) is 9.55. The van der Waals surface area contributed by atoms with Gasteiger partial charge < -0.3 is 14.6 Å². The number of nitrogens with one attached hydrogen (secondary N) is 1. The third kappa shape index (κ3) is 3.85. The molecule has 0 aliphatic carbocycles. The normalized spacial score (nSPS) is 12.0. The molecule has 1 atom stereocenters. The average Bonchev–Trinajstić information content (AvgIpc) is 3.40. The Morgan fingerprint density at radius 2 is 2.11 bits per heavy atom. The smallest absolute Gasteiger partial charge is 0.226 e. The van der Waals surface area contributed by atoms with Crippen molar-refractivity contribution in [3.8, 4) is 5.75 Å². The van der Waals surface area contributed by atoms with Crippen molar-refractivity contribution in [1.29, 1.82) is 0 Å². The van der Waals surface area contributed by atoms with Gasteiger partial charge in [0.15, 0.2) is 0 Å². The fraction of sp³-hybridized carbons (Fsp3) is 0.143. The summed E-state index contributed by atoms with van der Waals surface area (Å²) in [6.07, 6.45) is 6.00. The van der Waals surface area contributed by atoms with Crippen LogP contribution in [0.5, 0.6) is 5.75 Å². The maximum absolute atomic E-state index is 12.7. The fourth-order valence-corrected chi connectivity index (χ4v) is 3.81. The van der Waals surface area contributed by atoms with Crippen LogP contribution in [0.15, 0.2) is 71.8 Å².